The zero-order valence-electron chi connectivity index (χ0n) is 11.3. The largest absolute Gasteiger partial charge is 0.477 e. The van der Waals surface area contributed by atoms with Crippen LogP contribution in [0.1, 0.15) is 13.3 Å². The molecule has 0 radical (unpaired) electrons. The van der Waals surface area contributed by atoms with Crippen molar-refractivity contribution < 1.29 is 19.8 Å². The molecule has 1 saturated heterocycles. The second-order valence-corrected chi connectivity index (χ2v) is 6.28. The first-order valence-corrected chi connectivity index (χ1v) is 7.38. The van der Waals surface area contributed by atoms with Gasteiger partial charge in [0.1, 0.15) is 5.70 Å². The topological polar surface area (TPSA) is 90.7 Å². The van der Waals surface area contributed by atoms with Crippen molar-refractivity contribution in [3.63, 3.8) is 0 Å². The molecule has 3 unspecified atom stereocenters. The van der Waals surface area contributed by atoms with Gasteiger partial charge in [-0.25, -0.2) is 4.79 Å². The molecule has 110 valence electrons. The number of hydrogen-bond donors (Lipinski definition) is 2. The van der Waals surface area contributed by atoms with Crippen molar-refractivity contribution in [2.45, 2.75) is 30.4 Å². The summed E-state index contributed by atoms with van der Waals surface area (Å²) in [6.45, 7) is 1.56. The van der Waals surface area contributed by atoms with E-state index in [1.165, 1.54) is 16.7 Å². The SMILES string of the molecule is CC(O)C1C(=O)N2C(C(=O)O)=C(Sc3cccnc3)CC12. The molecule has 7 heteroatoms. The number of hydrogen-bond acceptors (Lipinski definition) is 5. The number of carboxylic acid groups (broad SMARTS) is 1. The van der Waals surface area contributed by atoms with Gasteiger partial charge in [-0.1, -0.05) is 11.8 Å². The molecule has 3 heterocycles. The van der Waals surface area contributed by atoms with E-state index >= 15 is 0 Å². The quantitative estimate of drug-likeness (QED) is 0.809. The Kier molecular flexibility index (Phi) is 3.46. The minimum atomic E-state index is -1.11. The molecule has 2 aliphatic heterocycles. The Hall–Kier alpha value is -1.86. The second kappa shape index (κ2) is 5.16. The van der Waals surface area contributed by atoms with Crippen molar-refractivity contribution in [2.75, 3.05) is 0 Å². The van der Waals surface area contributed by atoms with Crippen LogP contribution in [0.15, 0.2) is 40.0 Å². The highest BCUT2D eigenvalue weighted by atomic mass is 32.2. The van der Waals surface area contributed by atoms with Gasteiger partial charge in [0, 0.05) is 28.6 Å². The van der Waals surface area contributed by atoms with E-state index in [4.69, 9.17) is 0 Å². The lowest BCUT2D eigenvalue weighted by atomic mass is 9.83. The molecule has 0 saturated carbocycles. The number of fused-ring (bicyclic) bond motifs is 1. The molecule has 1 aromatic rings. The van der Waals surface area contributed by atoms with Crippen molar-refractivity contribution in [1.82, 2.24) is 9.88 Å². The first kappa shape index (κ1) is 14.1. The molecule has 1 fully saturated rings. The molecule has 0 spiro atoms. The zero-order chi connectivity index (χ0) is 15.1. The molecule has 2 aliphatic rings. The van der Waals surface area contributed by atoms with Crippen LogP contribution < -0.4 is 0 Å². The Balaban J connectivity index is 1.89. The van der Waals surface area contributed by atoms with Crippen LogP contribution in [-0.4, -0.2) is 44.1 Å². The number of aliphatic hydroxyl groups is 1. The fourth-order valence-corrected chi connectivity index (χ4v) is 3.95. The predicted molar refractivity (Wildman–Crippen MR) is 75.2 cm³/mol. The zero-order valence-corrected chi connectivity index (χ0v) is 12.1. The van der Waals surface area contributed by atoms with Crippen LogP contribution in [0.25, 0.3) is 0 Å². The average Bonchev–Trinajstić information content (AvgIpc) is 2.74. The van der Waals surface area contributed by atoms with Gasteiger partial charge in [-0.2, -0.15) is 0 Å². The lowest BCUT2D eigenvalue weighted by Gasteiger charge is -2.44. The Bertz CT molecular complexity index is 629. The number of rotatable bonds is 4. The number of carbonyl (C=O) groups excluding carboxylic acids is 1. The number of pyridine rings is 1. The van der Waals surface area contributed by atoms with Crippen LogP contribution in [0, 0.1) is 5.92 Å². The number of aliphatic carboxylic acids is 1. The minimum absolute atomic E-state index is 0.0377. The monoisotopic (exact) mass is 306 g/mol. The number of amides is 1. The van der Waals surface area contributed by atoms with Crippen LogP contribution in [0.2, 0.25) is 0 Å². The summed E-state index contributed by atoms with van der Waals surface area (Å²) in [5.74, 6) is -1.93. The summed E-state index contributed by atoms with van der Waals surface area (Å²) >= 11 is 1.31. The van der Waals surface area contributed by atoms with Gasteiger partial charge in [-0.3, -0.25) is 9.78 Å². The van der Waals surface area contributed by atoms with E-state index in [1.807, 2.05) is 6.07 Å². The summed E-state index contributed by atoms with van der Waals surface area (Å²) in [6, 6.07) is 3.37. The number of nitrogens with zero attached hydrogens (tertiary/aromatic N) is 2. The Labute approximate surface area is 125 Å². The number of carboxylic acids is 1. The van der Waals surface area contributed by atoms with Gasteiger partial charge in [0.05, 0.1) is 18.1 Å². The van der Waals surface area contributed by atoms with E-state index in [0.717, 1.165) is 4.90 Å². The summed E-state index contributed by atoms with van der Waals surface area (Å²) in [5, 5.41) is 19.0. The van der Waals surface area contributed by atoms with Gasteiger partial charge < -0.3 is 15.1 Å². The maximum Gasteiger partial charge on any atom is 0.353 e. The minimum Gasteiger partial charge on any atom is -0.477 e. The third kappa shape index (κ3) is 2.22. The summed E-state index contributed by atoms with van der Waals surface area (Å²) in [4.78, 5) is 30.3. The van der Waals surface area contributed by atoms with E-state index in [1.54, 1.807) is 25.4 Å². The van der Waals surface area contributed by atoms with Gasteiger partial charge in [-0.15, -0.1) is 0 Å². The molecule has 0 bridgehead atoms. The fourth-order valence-electron chi connectivity index (χ4n) is 2.87. The van der Waals surface area contributed by atoms with E-state index in [2.05, 4.69) is 4.98 Å². The van der Waals surface area contributed by atoms with Crippen molar-refractivity contribution in [1.29, 1.82) is 0 Å². The van der Waals surface area contributed by atoms with Gasteiger partial charge in [0.2, 0.25) is 5.91 Å². The molecule has 3 rings (SSSR count). The van der Waals surface area contributed by atoms with Crippen LogP contribution in [0.3, 0.4) is 0 Å². The second-order valence-electron chi connectivity index (χ2n) is 5.11. The molecule has 6 nitrogen and oxygen atoms in total. The molecule has 1 aromatic heterocycles. The highest BCUT2D eigenvalue weighted by Gasteiger charge is 2.56. The molecular formula is C14H14N2O4S. The van der Waals surface area contributed by atoms with Crippen molar-refractivity contribution in [2.24, 2.45) is 5.92 Å². The van der Waals surface area contributed by atoms with E-state index < -0.39 is 18.0 Å². The van der Waals surface area contributed by atoms with Crippen molar-refractivity contribution >= 4 is 23.6 Å². The number of aromatic nitrogens is 1. The third-order valence-corrected chi connectivity index (χ3v) is 4.85. The first-order chi connectivity index (χ1) is 10.0. The highest BCUT2D eigenvalue weighted by Crippen LogP contribution is 2.48. The molecule has 3 atom stereocenters. The lowest BCUT2D eigenvalue weighted by molar-refractivity contribution is -0.161. The summed E-state index contributed by atoms with van der Waals surface area (Å²) in [5.41, 5.74) is 0.0377. The van der Waals surface area contributed by atoms with Crippen molar-refractivity contribution in [3.8, 4) is 0 Å². The van der Waals surface area contributed by atoms with Crippen LogP contribution in [0.4, 0.5) is 0 Å². The van der Waals surface area contributed by atoms with E-state index in [9.17, 15) is 19.8 Å². The Morgan fingerprint density at radius 1 is 1.57 bits per heavy atom. The number of β-lactam (4-membered cyclic amide) rings is 1. The first-order valence-electron chi connectivity index (χ1n) is 6.56. The van der Waals surface area contributed by atoms with Gasteiger partial charge >= 0.3 is 5.97 Å². The average molecular weight is 306 g/mol. The molecule has 1 amide bonds. The summed E-state index contributed by atoms with van der Waals surface area (Å²) in [7, 11) is 0. The number of aliphatic hydroxyl groups excluding tert-OH is 1. The smallest absolute Gasteiger partial charge is 0.353 e. The normalized spacial score (nSPS) is 25.6. The Morgan fingerprint density at radius 2 is 2.33 bits per heavy atom. The summed E-state index contributed by atoms with van der Waals surface area (Å²) in [6.07, 6.45) is 2.99. The van der Waals surface area contributed by atoms with Gasteiger partial charge in [0.15, 0.2) is 0 Å². The maximum absolute atomic E-state index is 12.0. The van der Waals surface area contributed by atoms with E-state index in [0.29, 0.717) is 11.3 Å². The predicted octanol–water partition coefficient (Wildman–Crippen LogP) is 1.08. The molecular weight excluding hydrogens is 292 g/mol. The third-order valence-electron chi connectivity index (χ3n) is 3.77. The fraction of sp³-hybridized carbons (Fsp3) is 0.357. The van der Waals surface area contributed by atoms with Gasteiger partial charge in [0.25, 0.3) is 0 Å². The van der Waals surface area contributed by atoms with E-state index in [-0.39, 0.29) is 17.6 Å². The molecule has 0 aromatic carbocycles. The Morgan fingerprint density at radius 3 is 2.90 bits per heavy atom. The summed E-state index contributed by atoms with van der Waals surface area (Å²) < 4.78 is 0. The molecule has 2 N–H and O–H groups in total. The van der Waals surface area contributed by atoms with Crippen LogP contribution >= 0.6 is 11.8 Å². The molecule has 0 aliphatic carbocycles. The van der Waals surface area contributed by atoms with Gasteiger partial charge in [-0.05, 0) is 19.1 Å². The standard InChI is InChI=1S/C14H14N2O4S/c1-7(17)11-9-5-10(21-8-3-2-4-15-6-8)12(14(19)20)16(9)13(11)18/h2-4,6-7,9,11,17H,5H2,1H3,(H,19,20). The number of thioether (sulfide) groups is 1. The molecule has 21 heavy (non-hydrogen) atoms. The van der Waals surface area contributed by atoms with Crippen LogP contribution in [-0.2, 0) is 9.59 Å². The maximum atomic E-state index is 12.0. The highest BCUT2D eigenvalue weighted by molar-refractivity contribution is 8.03. The van der Waals surface area contributed by atoms with Crippen LogP contribution in [0.5, 0.6) is 0 Å². The van der Waals surface area contributed by atoms with Crippen molar-refractivity contribution in [3.05, 3.63) is 35.1 Å². The lowest BCUT2D eigenvalue weighted by Crippen LogP contribution is -2.61. The number of carbonyl (C=O) groups is 2.